The van der Waals surface area contributed by atoms with Gasteiger partial charge in [0.05, 0.1) is 29.8 Å². The number of para-hydroxylation sites is 2. The van der Waals surface area contributed by atoms with E-state index in [4.69, 9.17) is 5.26 Å². The molecule has 3 rings (SSSR count). The molecule has 28 heavy (non-hydrogen) atoms. The van der Waals surface area contributed by atoms with Crippen LogP contribution < -0.4 is 10.6 Å². The number of benzene rings is 1. The first-order chi connectivity index (χ1) is 12.7. The highest BCUT2D eigenvalue weighted by Gasteiger charge is 2.27. The van der Waals surface area contributed by atoms with Gasteiger partial charge in [0.1, 0.15) is 11.7 Å². The van der Waals surface area contributed by atoms with Gasteiger partial charge in [0, 0.05) is 19.6 Å². The maximum atomic E-state index is 12.1. The molecular formula is C18H22Cl2N6O2. The second kappa shape index (κ2) is 11.4. The Hall–Kier alpha value is -2.47. The fraction of sp³-hybridized carbons (Fsp3) is 0.389. The number of nitrogens with one attached hydrogen (secondary N) is 2. The molecule has 150 valence electrons. The van der Waals surface area contributed by atoms with Crippen LogP contribution in [0.2, 0.25) is 0 Å². The highest BCUT2D eigenvalue weighted by atomic mass is 35.5. The molecule has 1 saturated heterocycles. The normalized spacial score (nSPS) is 15.2. The van der Waals surface area contributed by atoms with Crippen molar-refractivity contribution in [2.24, 2.45) is 0 Å². The zero-order chi connectivity index (χ0) is 18.4. The number of carbonyl (C=O) groups is 2. The molecule has 0 unspecified atom stereocenters. The topological polar surface area (TPSA) is 111 Å². The molecule has 1 aromatic carbocycles. The molecule has 10 heteroatoms. The van der Waals surface area contributed by atoms with Gasteiger partial charge in [0.2, 0.25) is 5.91 Å². The lowest BCUT2D eigenvalue weighted by molar-refractivity contribution is -0.130. The number of nitrogens with zero attached hydrogens (tertiary/aromatic N) is 4. The van der Waals surface area contributed by atoms with Crippen LogP contribution in [0.15, 0.2) is 30.5 Å². The molecule has 1 aromatic heterocycles. The summed E-state index contributed by atoms with van der Waals surface area (Å²) in [4.78, 5) is 34.3. The maximum absolute atomic E-state index is 12.1. The van der Waals surface area contributed by atoms with Crippen LogP contribution in [0.3, 0.4) is 0 Å². The lowest BCUT2D eigenvalue weighted by atomic mass is 10.2. The Morgan fingerprint density at radius 2 is 1.96 bits per heavy atom. The molecule has 8 nitrogen and oxygen atoms in total. The standard InChI is InChI=1S/C18H20N6O2.2ClH/c19-10-13-4-3-9-24(13)17(25)12-20-7-8-21-18(26)16-11-22-14-5-1-2-6-15(14)23-16;;/h1-2,5-6,11,13,20H,3-4,7-9,12H2,(H,21,26);2*1H/t13-;;/m0../s1. The second-order valence-corrected chi connectivity index (χ2v) is 6.05. The molecular weight excluding hydrogens is 403 g/mol. The summed E-state index contributed by atoms with van der Waals surface area (Å²) in [6.07, 6.45) is 3.06. The van der Waals surface area contributed by atoms with Gasteiger partial charge in [0.25, 0.3) is 5.91 Å². The van der Waals surface area contributed by atoms with Crippen molar-refractivity contribution in [2.75, 3.05) is 26.2 Å². The summed E-state index contributed by atoms with van der Waals surface area (Å²) in [7, 11) is 0. The zero-order valence-corrected chi connectivity index (χ0v) is 16.8. The van der Waals surface area contributed by atoms with E-state index in [2.05, 4.69) is 26.7 Å². The number of fused-ring (bicyclic) bond motifs is 1. The Morgan fingerprint density at radius 1 is 1.21 bits per heavy atom. The third-order valence-electron chi connectivity index (χ3n) is 4.27. The second-order valence-electron chi connectivity index (χ2n) is 6.05. The number of hydrogen-bond acceptors (Lipinski definition) is 6. The fourth-order valence-corrected chi connectivity index (χ4v) is 2.92. The Morgan fingerprint density at radius 3 is 2.71 bits per heavy atom. The van der Waals surface area contributed by atoms with Crippen LogP contribution in [-0.4, -0.2) is 58.9 Å². The quantitative estimate of drug-likeness (QED) is 0.676. The van der Waals surface area contributed by atoms with E-state index in [-0.39, 0.29) is 54.9 Å². The number of likely N-dealkylation sites (tertiary alicyclic amines) is 1. The molecule has 1 aliphatic rings. The van der Waals surface area contributed by atoms with Crippen molar-refractivity contribution in [3.8, 4) is 6.07 Å². The first kappa shape index (κ1) is 23.6. The van der Waals surface area contributed by atoms with E-state index in [1.54, 1.807) is 11.0 Å². The number of carbonyl (C=O) groups excluding carboxylic acids is 2. The van der Waals surface area contributed by atoms with Gasteiger partial charge in [-0.25, -0.2) is 4.98 Å². The van der Waals surface area contributed by atoms with Crippen LogP contribution in [0.25, 0.3) is 11.0 Å². The summed E-state index contributed by atoms with van der Waals surface area (Å²) in [5.74, 6) is -0.388. The Balaban J connectivity index is 0.00000196. The molecule has 0 bridgehead atoms. The predicted molar refractivity (Wildman–Crippen MR) is 110 cm³/mol. The number of aromatic nitrogens is 2. The van der Waals surface area contributed by atoms with Gasteiger partial charge < -0.3 is 15.5 Å². The zero-order valence-electron chi connectivity index (χ0n) is 15.1. The van der Waals surface area contributed by atoms with Crippen LogP contribution in [0, 0.1) is 11.3 Å². The van der Waals surface area contributed by atoms with Crippen molar-refractivity contribution in [3.63, 3.8) is 0 Å². The molecule has 0 saturated carbocycles. The average Bonchev–Trinajstić information content (AvgIpc) is 3.16. The van der Waals surface area contributed by atoms with Crippen molar-refractivity contribution in [1.82, 2.24) is 25.5 Å². The summed E-state index contributed by atoms with van der Waals surface area (Å²) < 4.78 is 0. The summed E-state index contributed by atoms with van der Waals surface area (Å²) in [6.45, 7) is 1.60. The van der Waals surface area contributed by atoms with Gasteiger partial charge in [0.15, 0.2) is 0 Å². The molecule has 2 amide bonds. The van der Waals surface area contributed by atoms with E-state index in [9.17, 15) is 9.59 Å². The van der Waals surface area contributed by atoms with Crippen LogP contribution in [0.5, 0.6) is 0 Å². The van der Waals surface area contributed by atoms with Gasteiger partial charge >= 0.3 is 0 Å². The van der Waals surface area contributed by atoms with Crippen molar-refractivity contribution >= 4 is 47.7 Å². The summed E-state index contributed by atoms with van der Waals surface area (Å²) in [6, 6.07) is 9.19. The predicted octanol–water partition coefficient (Wildman–Crippen LogP) is 1.31. The van der Waals surface area contributed by atoms with Crippen molar-refractivity contribution < 1.29 is 9.59 Å². The van der Waals surface area contributed by atoms with Crippen LogP contribution in [0.4, 0.5) is 0 Å². The number of amides is 2. The Bertz CT molecular complexity index is 857. The van der Waals surface area contributed by atoms with E-state index in [1.807, 2.05) is 18.2 Å². The van der Waals surface area contributed by atoms with Gasteiger partial charge in [-0.3, -0.25) is 14.6 Å². The molecule has 1 fully saturated rings. The first-order valence-electron chi connectivity index (χ1n) is 8.59. The molecule has 0 spiro atoms. The van der Waals surface area contributed by atoms with Crippen molar-refractivity contribution in [3.05, 3.63) is 36.2 Å². The van der Waals surface area contributed by atoms with E-state index >= 15 is 0 Å². The molecule has 1 aliphatic heterocycles. The molecule has 2 heterocycles. The van der Waals surface area contributed by atoms with Gasteiger partial charge in [-0.1, -0.05) is 12.1 Å². The third-order valence-corrected chi connectivity index (χ3v) is 4.27. The molecule has 2 N–H and O–H groups in total. The van der Waals surface area contributed by atoms with Gasteiger partial charge in [-0.05, 0) is 25.0 Å². The number of halogens is 2. The van der Waals surface area contributed by atoms with Gasteiger partial charge in [-0.2, -0.15) is 5.26 Å². The Labute approximate surface area is 175 Å². The highest BCUT2D eigenvalue weighted by molar-refractivity contribution is 5.93. The smallest absolute Gasteiger partial charge is 0.271 e. The minimum absolute atomic E-state index is 0. The maximum Gasteiger partial charge on any atom is 0.271 e. The van der Waals surface area contributed by atoms with Crippen molar-refractivity contribution in [1.29, 1.82) is 5.26 Å². The summed E-state index contributed by atoms with van der Waals surface area (Å²) in [5.41, 5.74) is 1.66. The molecule has 2 aromatic rings. The van der Waals surface area contributed by atoms with Gasteiger partial charge in [-0.15, -0.1) is 24.8 Å². The summed E-state index contributed by atoms with van der Waals surface area (Å²) >= 11 is 0. The Kier molecular flexibility index (Phi) is 9.59. The molecule has 1 atom stereocenters. The van der Waals surface area contributed by atoms with Crippen LogP contribution in [-0.2, 0) is 4.79 Å². The average molecular weight is 425 g/mol. The monoisotopic (exact) mass is 424 g/mol. The SMILES string of the molecule is Cl.Cl.N#C[C@@H]1CCCN1C(=O)CNCCNC(=O)c1cnc2ccccc2n1. The lowest BCUT2D eigenvalue weighted by Crippen LogP contribution is -2.42. The van der Waals surface area contributed by atoms with E-state index < -0.39 is 0 Å². The number of rotatable bonds is 6. The largest absolute Gasteiger partial charge is 0.349 e. The minimum Gasteiger partial charge on any atom is -0.349 e. The third kappa shape index (κ3) is 5.76. The number of nitriles is 1. The first-order valence-corrected chi connectivity index (χ1v) is 8.59. The van der Waals surface area contributed by atoms with E-state index in [0.717, 1.165) is 18.4 Å². The lowest BCUT2D eigenvalue weighted by Gasteiger charge is -2.19. The molecule has 0 radical (unpaired) electrons. The van der Waals surface area contributed by atoms with E-state index in [1.165, 1.54) is 6.20 Å². The number of hydrogen-bond donors (Lipinski definition) is 2. The molecule has 0 aliphatic carbocycles. The highest BCUT2D eigenvalue weighted by Crippen LogP contribution is 2.15. The van der Waals surface area contributed by atoms with Crippen LogP contribution in [0.1, 0.15) is 23.3 Å². The fourth-order valence-electron chi connectivity index (χ4n) is 2.92. The minimum atomic E-state index is -0.310. The summed E-state index contributed by atoms with van der Waals surface area (Å²) in [5, 5.41) is 14.7. The van der Waals surface area contributed by atoms with E-state index in [0.29, 0.717) is 25.2 Å². The van der Waals surface area contributed by atoms with Crippen LogP contribution >= 0.6 is 24.8 Å². The van der Waals surface area contributed by atoms with Crippen molar-refractivity contribution in [2.45, 2.75) is 18.9 Å².